The number of aromatic nitrogens is 5. The molecule has 1 aliphatic rings. The fraction of sp³-hybridized carbons (Fsp3) is 0.333. The van der Waals surface area contributed by atoms with Crippen LogP contribution in [0.3, 0.4) is 0 Å². The van der Waals surface area contributed by atoms with Gasteiger partial charge in [0.05, 0.1) is 29.0 Å². The SMILES string of the molecule is CCn1c(C(=O)O)cc2c3c(ncn3C)c(Nc3nc4c(s3)CS(=O)(=O)CC4)nc21. The highest BCUT2D eigenvalue weighted by atomic mass is 32.2. The van der Waals surface area contributed by atoms with E-state index < -0.39 is 15.8 Å². The summed E-state index contributed by atoms with van der Waals surface area (Å²) in [6.45, 7) is 2.31. The van der Waals surface area contributed by atoms with Gasteiger partial charge in [0.1, 0.15) is 16.9 Å². The van der Waals surface area contributed by atoms with Crippen LogP contribution in [0.15, 0.2) is 12.4 Å². The number of pyridine rings is 1. The quantitative estimate of drug-likeness (QED) is 0.488. The highest BCUT2D eigenvalue weighted by Crippen LogP contribution is 2.35. The second-order valence-electron chi connectivity index (χ2n) is 7.19. The molecule has 30 heavy (non-hydrogen) atoms. The van der Waals surface area contributed by atoms with Crippen LogP contribution < -0.4 is 5.32 Å². The summed E-state index contributed by atoms with van der Waals surface area (Å²) in [6.07, 6.45) is 2.06. The molecule has 0 amide bonds. The predicted octanol–water partition coefficient (Wildman–Crippen LogP) is 2.31. The Bertz CT molecular complexity index is 1450. The average Bonchev–Trinajstić information content (AvgIpc) is 3.35. The van der Waals surface area contributed by atoms with Crippen molar-refractivity contribution in [1.29, 1.82) is 0 Å². The van der Waals surface area contributed by atoms with E-state index in [2.05, 4.69) is 20.3 Å². The molecule has 0 unspecified atom stereocenters. The molecule has 0 saturated carbocycles. The molecule has 2 N–H and O–H groups in total. The molecule has 0 aromatic carbocycles. The van der Waals surface area contributed by atoms with Crippen molar-refractivity contribution in [3.8, 4) is 0 Å². The Balaban J connectivity index is 1.68. The molecule has 0 bridgehead atoms. The topological polar surface area (TPSA) is 132 Å². The molecule has 4 aromatic rings. The van der Waals surface area contributed by atoms with E-state index in [4.69, 9.17) is 0 Å². The van der Waals surface area contributed by atoms with Gasteiger partial charge in [-0.2, -0.15) is 0 Å². The predicted molar refractivity (Wildman–Crippen MR) is 113 cm³/mol. The third-order valence-electron chi connectivity index (χ3n) is 5.24. The minimum Gasteiger partial charge on any atom is -0.477 e. The standard InChI is InChI=1S/C18H18N6O4S2/c1-3-24-11(17(25)26)6-9-14-13(19-8-23(14)2)15(21-16(9)24)22-18-20-10-4-5-30(27,28)7-12(10)29-18/h6,8H,3-5,7H2,1-2H3,(H,25,26)(H,20,21,22). The van der Waals surface area contributed by atoms with Crippen LogP contribution in [0.4, 0.5) is 10.9 Å². The molecule has 0 saturated heterocycles. The Morgan fingerprint density at radius 3 is 2.90 bits per heavy atom. The highest BCUT2D eigenvalue weighted by molar-refractivity contribution is 7.90. The number of fused-ring (bicyclic) bond motifs is 4. The third kappa shape index (κ3) is 2.86. The number of anilines is 2. The van der Waals surface area contributed by atoms with Gasteiger partial charge in [-0.15, -0.1) is 11.3 Å². The van der Waals surface area contributed by atoms with Crippen molar-refractivity contribution >= 4 is 60.2 Å². The molecule has 0 aliphatic carbocycles. The first-order valence-electron chi connectivity index (χ1n) is 9.31. The van der Waals surface area contributed by atoms with Crippen molar-refractivity contribution in [3.05, 3.63) is 28.7 Å². The van der Waals surface area contributed by atoms with E-state index >= 15 is 0 Å². The zero-order chi connectivity index (χ0) is 21.2. The van der Waals surface area contributed by atoms with E-state index in [1.54, 1.807) is 17.0 Å². The highest BCUT2D eigenvalue weighted by Gasteiger charge is 2.26. The van der Waals surface area contributed by atoms with Gasteiger partial charge in [0.15, 0.2) is 20.8 Å². The Labute approximate surface area is 175 Å². The number of aromatic carboxylic acids is 1. The minimum atomic E-state index is -3.08. The zero-order valence-corrected chi connectivity index (χ0v) is 17.8. The summed E-state index contributed by atoms with van der Waals surface area (Å²) in [5.74, 6) is -0.446. The number of carboxylic acid groups (broad SMARTS) is 1. The summed E-state index contributed by atoms with van der Waals surface area (Å²) in [5, 5.41) is 14.0. The van der Waals surface area contributed by atoms with E-state index in [1.165, 1.54) is 11.3 Å². The van der Waals surface area contributed by atoms with E-state index in [-0.39, 0.29) is 17.2 Å². The van der Waals surface area contributed by atoms with Gasteiger partial charge in [-0.25, -0.2) is 28.2 Å². The molecule has 10 nitrogen and oxygen atoms in total. The maximum Gasteiger partial charge on any atom is 0.352 e. The number of aryl methyl sites for hydroxylation is 3. The maximum absolute atomic E-state index is 11.9. The average molecular weight is 447 g/mol. The lowest BCUT2D eigenvalue weighted by molar-refractivity contribution is 0.0685. The smallest absolute Gasteiger partial charge is 0.352 e. The number of thiazole rings is 1. The number of hydrogen-bond acceptors (Lipinski definition) is 8. The van der Waals surface area contributed by atoms with Gasteiger partial charge in [-0.1, -0.05) is 0 Å². The fourth-order valence-corrected chi connectivity index (χ4v) is 6.66. The number of nitrogens with zero attached hydrogens (tertiary/aromatic N) is 5. The van der Waals surface area contributed by atoms with Crippen molar-refractivity contribution in [1.82, 2.24) is 24.1 Å². The van der Waals surface area contributed by atoms with Gasteiger partial charge in [-0.05, 0) is 13.0 Å². The summed E-state index contributed by atoms with van der Waals surface area (Å²) >= 11 is 1.30. The number of sulfone groups is 1. The molecule has 0 fully saturated rings. The fourth-order valence-electron chi connectivity index (χ4n) is 3.87. The molecule has 0 spiro atoms. The minimum absolute atomic E-state index is 0.00774. The van der Waals surface area contributed by atoms with Crippen LogP contribution in [0, 0.1) is 0 Å². The normalized spacial score (nSPS) is 15.5. The Hall–Kier alpha value is -2.99. The van der Waals surface area contributed by atoms with E-state index in [0.717, 1.165) is 16.1 Å². The second-order valence-corrected chi connectivity index (χ2v) is 10.5. The van der Waals surface area contributed by atoms with Gasteiger partial charge in [0.2, 0.25) is 0 Å². The lowest BCUT2D eigenvalue weighted by atomic mass is 10.2. The van der Waals surface area contributed by atoms with Crippen LogP contribution in [0.25, 0.3) is 22.1 Å². The number of carboxylic acids is 1. The van der Waals surface area contributed by atoms with E-state index in [9.17, 15) is 18.3 Å². The summed E-state index contributed by atoms with van der Waals surface area (Å²) in [7, 11) is -1.24. The maximum atomic E-state index is 11.9. The largest absolute Gasteiger partial charge is 0.477 e. The van der Waals surface area contributed by atoms with Crippen LogP contribution in [0.5, 0.6) is 0 Å². The molecular formula is C18H18N6O4S2. The lowest BCUT2D eigenvalue weighted by Crippen LogP contribution is -2.17. The van der Waals surface area contributed by atoms with E-state index in [1.807, 2.05) is 18.5 Å². The van der Waals surface area contributed by atoms with Crippen molar-refractivity contribution in [3.63, 3.8) is 0 Å². The van der Waals surface area contributed by atoms with E-state index in [0.29, 0.717) is 40.5 Å². The molecule has 156 valence electrons. The molecular weight excluding hydrogens is 428 g/mol. The lowest BCUT2D eigenvalue weighted by Gasteiger charge is -2.08. The number of hydrogen-bond donors (Lipinski definition) is 2. The Morgan fingerprint density at radius 2 is 2.17 bits per heavy atom. The first-order chi connectivity index (χ1) is 14.3. The van der Waals surface area contributed by atoms with Crippen molar-refractivity contribution in [2.45, 2.75) is 25.6 Å². The Kier molecular flexibility index (Phi) is 4.12. The van der Waals surface area contributed by atoms with Gasteiger partial charge >= 0.3 is 5.97 Å². The summed E-state index contributed by atoms with van der Waals surface area (Å²) in [6, 6.07) is 1.62. The third-order valence-corrected chi connectivity index (χ3v) is 7.99. The molecule has 5 rings (SSSR count). The van der Waals surface area contributed by atoms with Crippen LogP contribution in [-0.4, -0.2) is 49.3 Å². The zero-order valence-electron chi connectivity index (χ0n) is 16.2. The van der Waals surface area contributed by atoms with Crippen molar-refractivity contribution in [2.75, 3.05) is 11.1 Å². The first-order valence-corrected chi connectivity index (χ1v) is 11.9. The second kappa shape index (κ2) is 6.51. The molecule has 1 aliphatic heterocycles. The van der Waals surface area contributed by atoms with Crippen molar-refractivity contribution in [2.24, 2.45) is 7.05 Å². The van der Waals surface area contributed by atoms with Gasteiger partial charge < -0.3 is 19.6 Å². The summed E-state index contributed by atoms with van der Waals surface area (Å²) < 4.78 is 27.3. The molecule has 0 atom stereocenters. The van der Waals surface area contributed by atoms with Gasteiger partial charge in [-0.3, -0.25) is 0 Å². The molecule has 0 radical (unpaired) electrons. The number of nitrogens with one attached hydrogen (secondary N) is 1. The van der Waals surface area contributed by atoms with Gasteiger partial charge in [0.25, 0.3) is 0 Å². The molecule has 5 heterocycles. The monoisotopic (exact) mass is 446 g/mol. The first kappa shape index (κ1) is 19.0. The molecule has 12 heteroatoms. The number of rotatable bonds is 4. The number of carbonyl (C=O) groups is 1. The summed E-state index contributed by atoms with van der Waals surface area (Å²) in [5.41, 5.74) is 2.85. The summed E-state index contributed by atoms with van der Waals surface area (Å²) in [4.78, 5) is 26.1. The van der Waals surface area contributed by atoms with Crippen LogP contribution in [0.1, 0.15) is 28.0 Å². The van der Waals surface area contributed by atoms with Crippen LogP contribution in [-0.2, 0) is 35.6 Å². The van der Waals surface area contributed by atoms with Crippen LogP contribution >= 0.6 is 11.3 Å². The Morgan fingerprint density at radius 1 is 1.37 bits per heavy atom. The van der Waals surface area contributed by atoms with Gasteiger partial charge in [0, 0.05) is 30.3 Å². The van der Waals surface area contributed by atoms with Crippen molar-refractivity contribution < 1.29 is 18.3 Å². The molecule has 4 aromatic heterocycles. The van der Waals surface area contributed by atoms with Crippen LogP contribution in [0.2, 0.25) is 0 Å². The number of imidazole rings is 1.